The second-order valence-corrected chi connectivity index (χ2v) is 9.36. The molecule has 2 aliphatic heterocycles. The van der Waals surface area contributed by atoms with E-state index in [1.807, 2.05) is 20.8 Å². The standard InChI is InChI=1S/C22H31ClN2O4/c1-22(2,3)29-21(27)25-10-8-14(9-11-25)6-7-18(26)16-13-17(23)19(24)15-5-4-12-28-20(15)16/h13-14H,4-12,24H2,1-3H3. The van der Waals surface area contributed by atoms with E-state index in [0.29, 0.717) is 54.1 Å². The van der Waals surface area contributed by atoms with Gasteiger partial charge in [-0.05, 0) is 64.9 Å². The number of halogens is 1. The third-order valence-corrected chi connectivity index (χ3v) is 5.85. The first-order chi connectivity index (χ1) is 13.7. The summed E-state index contributed by atoms with van der Waals surface area (Å²) in [7, 11) is 0. The number of nitrogens with two attached hydrogens (primary N) is 1. The van der Waals surface area contributed by atoms with Gasteiger partial charge in [0, 0.05) is 25.1 Å². The predicted octanol–water partition coefficient (Wildman–Crippen LogP) is 4.86. The lowest BCUT2D eigenvalue weighted by atomic mass is 9.89. The zero-order valence-corrected chi connectivity index (χ0v) is 18.3. The van der Waals surface area contributed by atoms with Crippen LogP contribution in [0.2, 0.25) is 5.02 Å². The van der Waals surface area contributed by atoms with Crippen molar-refractivity contribution in [3.8, 4) is 5.75 Å². The molecule has 0 unspecified atom stereocenters. The molecule has 0 atom stereocenters. The number of hydrogen-bond donors (Lipinski definition) is 1. The number of Topliss-reactive ketones (excluding diaryl/α,β-unsaturated/α-hetero) is 1. The minimum Gasteiger partial charge on any atom is -0.492 e. The molecule has 0 saturated carbocycles. The van der Waals surface area contributed by atoms with Crippen molar-refractivity contribution < 1.29 is 19.1 Å². The summed E-state index contributed by atoms with van der Waals surface area (Å²) in [5.74, 6) is 1.07. The number of nitrogens with zero attached hydrogens (tertiary/aromatic N) is 1. The molecule has 0 spiro atoms. The summed E-state index contributed by atoms with van der Waals surface area (Å²) in [6.07, 6.45) is 4.39. The molecule has 0 radical (unpaired) electrons. The van der Waals surface area contributed by atoms with Crippen LogP contribution < -0.4 is 10.5 Å². The summed E-state index contributed by atoms with van der Waals surface area (Å²) < 4.78 is 11.2. The van der Waals surface area contributed by atoms with E-state index in [4.69, 9.17) is 26.8 Å². The highest BCUT2D eigenvalue weighted by Crippen LogP contribution is 2.39. The number of benzene rings is 1. The van der Waals surface area contributed by atoms with Gasteiger partial charge in [-0.3, -0.25) is 4.79 Å². The maximum atomic E-state index is 12.9. The summed E-state index contributed by atoms with van der Waals surface area (Å²) >= 11 is 6.25. The summed E-state index contributed by atoms with van der Waals surface area (Å²) in [5.41, 5.74) is 7.52. The van der Waals surface area contributed by atoms with Gasteiger partial charge in [0.15, 0.2) is 5.78 Å². The number of fused-ring (bicyclic) bond motifs is 1. The van der Waals surface area contributed by atoms with Crippen molar-refractivity contribution in [2.75, 3.05) is 25.4 Å². The lowest BCUT2D eigenvalue weighted by Gasteiger charge is -2.33. The third-order valence-electron chi connectivity index (χ3n) is 5.54. The minimum absolute atomic E-state index is 0.0413. The molecular formula is C22H31ClN2O4. The molecule has 1 aromatic rings. The number of anilines is 1. The number of nitrogen functional groups attached to an aromatic ring is 1. The maximum absolute atomic E-state index is 12.9. The van der Waals surface area contributed by atoms with Crippen LogP contribution in [-0.2, 0) is 11.2 Å². The Bertz CT molecular complexity index is 780. The van der Waals surface area contributed by atoms with E-state index >= 15 is 0 Å². The van der Waals surface area contributed by atoms with E-state index in [1.54, 1.807) is 11.0 Å². The number of likely N-dealkylation sites (tertiary alicyclic amines) is 1. The van der Waals surface area contributed by atoms with Crippen molar-refractivity contribution in [3.05, 3.63) is 22.2 Å². The normalized spacial score (nSPS) is 17.4. The lowest BCUT2D eigenvalue weighted by molar-refractivity contribution is 0.0180. The van der Waals surface area contributed by atoms with Gasteiger partial charge in [0.1, 0.15) is 11.4 Å². The van der Waals surface area contributed by atoms with Crippen LogP contribution in [0, 0.1) is 5.92 Å². The fourth-order valence-corrected chi connectivity index (χ4v) is 4.17. The lowest BCUT2D eigenvalue weighted by Crippen LogP contribution is -2.41. The quantitative estimate of drug-likeness (QED) is 0.553. The topological polar surface area (TPSA) is 81.9 Å². The first kappa shape index (κ1) is 21.8. The van der Waals surface area contributed by atoms with Crippen LogP contribution in [0.4, 0.5) is 10.5 Å². The number of ketones is 1. The van der Waals surface area contributed by atoms with Crippen molar-refractivity contribution in [3.63, 3.8) is 0 Å². The maximum Gasteiger partial charge on any atom is 0.410 e. The van der Waals surface area contributed by atoms with E-state index in [1.165, 1.54) is 0 Å². The van der Waals surface area contributed by atoms with Crippen LogP contribution in [0.25, 0.3) is 0 Å². The Morgan fingerprint density at radius 2 is 2.00 bits per heavy atom. The molecule has 0 aromatic heterocycles. The molecule has 0 bridgehead atoms. The second kappa shape index (κ2) is 8.82. The Morgan fingerprint density at radius 3 is 2.66 bits per heavy atom. The van der Waals surface area contributed by atoms with Gasteiger partial charge in [-0.25, -0.2) is 4.79 Å². The molecule has 1 amide bonds. The number of hydrogen-bond acceptors (Lipinski definition) is 5. The summed E-state index contributed by atoms with van der Waals surface area (Å²) in [4.78, 5) is 26.8. The Balaban J connectivity index is 1.55. The Labute approximate surface area is 177 Å². The highest BCUT2D eigenvalue weighted by molar-refractivity contribution is 6.33. The van der Waals surface area contributed by atoms with E-state index in [-0.39, 0.29) is 11.9 Å². The highest BCUT2D eigenvalue weighted by Gasteiger charge is 2.28. The first-order valence-corrected chi connectivity index (χ1v) is 10.8. The van der Waals surface area contributed by atoms with Gasteiger partial charge >= 0.3 is 6.09 Å². The summed E-state index contributed by atoms with van der Waals surface area (Å²) in [5, 5.41) is 0.420. The second-order valence-electron chi connectivity index (χ2n) is 8.95. The Hall–Kier alpha value is -1.95. The van der Waals surface area contributed by atoms with E-state index in [0.717, 1.165) is 37.7 Å². The Morgan fingerprint density at radius 1 is 1.31 bits per heavy atom. The van der Waals surface area contributed by atoms with Crippen molar-refractivity contribution >= 4 is 29.2 Å². The molecule has 1 fully saturated rings. The largest absolute Gasteiger partial charge is 0.492 e. The van der Waals surface area contributed by atoms with Crippen LogP contribution >= 0.6 is 11.6 Å². The van der Waals surface area contributed by atoms with Crippen LogP contribution in [0.5, 0.6) is 5.75 Å². The smallest absolute Gasteiger partial charge is 0.410 e. The van der Waals surface area contributed by atoms with Gasteiger partial charge in [0.25, 0.3) is 0 Å². The molecule has 7 heteroatoms. The molecule has 2 aliphatic rings. The van der Waals surface area contributed by atoms with Crippen LogP contribution in [0.15, 0.2) is 6.07 Å². The Kier molecular flexibility index (Phi) is 6.62. The van der Waals surface area contributed by atoms with Gasteiger partial charge < -0.3 is 20.1 Å². The molecule has 2 heterocycles. The highest BCUT2D eigenvalue weighted by atomic mass is 35.5. The summed E-state index contributed by atoms with van der Waals surface area (Å²) in [6.45, 7) is 7.54. The molecule has 6 nitrogen and oxygen atoms in total. The SMILES string of the molecule is CC(C)(C)OC(=O)N1CCC(CCC(=O)c2cc(Cl)c(N)c3c2OCCC3)CC1. The van der Waals surface area contributed by atoms with Gasteiger partial charge in [-0.2, -0.15) is 0 Å². The molecule has 1 saturated heterocycles. The monoisotopic (exact) mass is 422 g/mol. The van der Waals surface area contributed by atoms with E-state index in [9.17, 15) is 9.59 Å². The number of amides is 1. The van der Waals surface area contributed by atoms with Gasteiger partial charge in [0.05, 0.1) is 22.9 Å². The molecule has 29 heavy (non-hydrogen) atoms. The number of carbonyl (C=O) groups is 2. The molecule has 3 rings (SSSR count). The van der Waals surface area contributed by atoms with Gasteiger partial charge in [-0.15, -0.1) is 0 Å². The van der Waals surface area contributed by atoms with Crippen molar-refractivity contribution in [1.82, 2.24) is 4.90 Å². The van der Waals surface area contributed by atoms with Crippen molar-refractivity contribution in [2.24, 2.45) is 5.92 Å². The molecule has 0 aliphatic carbocycles. The molecular weight excluding hydrogens is 392 g/mol. The minimum atomic E-state index is -0.484. The number of piperidine rings is 1. The average molecular weight is 423 g/mol. The fraction of sp³-hybridized carbons (Fsp3) is 0.636. The van der Waals surface area contributed by atoms with Crippen LogP contribution in [-0.4, -0.2) is 42.1 Å². The number of carbonyl (C=O) groups excluding carboxylic acids is 2. The fourth-order valence-electron chi connectivity index (χ4n) is 3.94. The number of ether oxygens (including phenoxy) is 2. The molecule has 2 N–H and O–H groups in total. The predicted molar refractivity (Wildman–Crippen MR) is 114 cm³/mol. The van der Waals surface area contributed by atoms with Gasteiger partial charge in [0.2, 0.25) is 0 Å². The third kappa shape index (κ3) is 5.35. The molecule has 1 aromatic carbocycles. The average Bonchev–Trinajstić information content (AvgIpc) is 2.68. The number of rotatable bonds is 4. The van der Waals surface area contributed by atoms with E-state index < -0.39 is 5.60 Å². The zero-order chi connectivity index (χ0) is 21.2. The van der Waals surface area contributed by atoms with Gasteiger partial charge in [-0.1, -0.05) is 11.6 Å². The van der Waals surface area contributed by atoms with Crippen molar-refractivity contribution in [2.45, 2.75) is 64.9 Å². The zero-order valence-electron chi connectivity index (χ0n) is 17.6. The van der Waals surface area contributed by atoms with Crippen LogP contribution in [0.3, 0.4) is 0 Å². The van der Waals surface area contributed by atoms with E-state index in [2.05, 4.69) is 0 Å². The van der Waals surface area contributed by atoms with Crippen molar-refractivity contribution in [1.29, 1.82) is 0 Å². The summed E-state index contributed by atoms with van der Waals surface area (Å²) in [6, 6.07) is 1.65. The first-order valence-electron chi connectivity index (χ1n) is 10.4. The molecule has 160 valence electrons. The van der Waals surface area contributed by atoms with Crippen LogP contribution in [0.1, 0.15) is 68.8 Å².